The van der Waals surface area contributed by atoms with Gasteiger partial charge >= 0.3 is 0 Å². The molecule has 0 N–H and O–H groups in total. The first-order valence-corrected chi connectivity index (χ1v) is 12.1. The highest BCUT2D eigenvalue weighted by Gasteiger charge is 2.17. The van der Waals surface area contributed by atoms with Gasteiger partial charge < -0.3 is 0 Å². The Morgan fingerprint density at radius 1 is 0.306 bits per heavy atom. The average Bonchev–Trinajstić information content (AvgIpc) is 2.97. The summed E-state index contributed by atoms with van der Waals surface area (Å²) < 4.78 is 0. The van der Waals surface area contributed by atoms with Crippen LogP contribution in [0.4, 0.5) is 0 Å². The Morgan fingerprint density at radius 3 is 1.22 bits per heavy atom. The third-order valence-electron chi connectivity index (χ3n) is 6.71. The van der Waals surface area contributed by atoms with Crippen LogP contribution < -0.4 is 0 Å². The largest absolute Gasteiger partial charge is 0.208 e. The van der Waals surface area contributed by atoms with Gasteiger partial charge in [-0.25, -0.2) is 15.0 Å². The van der Waals surface area contributed by atoms with E-state index in [9.17, 15) is 0 Å². The van der Waals surface area contributed by atoms with Gasteiger partial charge in [-0.05, 0) is 26.9 Å². The summed E-state index contributed by atoms with van der Waals surface area (Å²) in [6.45, 7) is 0. The summed E-state index contributed by atoms with van der Waals surface area (Å²) in [6.07, 6.45) is 0. The highest BCUT2D eigenvalue weighted by atomic mass is 15.0. The maximum atomic E-state index is 5.01. The van der Waals surface area contributed by atoms with E-state index in [0.717, 1.165) is 22.1 Å². The lowest BCUT2D eigenvalue weighted by Gasteiger charge is -2.14. The van der Waals surface area contributed by atoms with Crippen LogP contribution in [-0.2, 0) is 0 Å². The van der Waals surface area contributed by atoms with Crippen LogP contribution in [0.3, 0.4) is 0 Å². The molecular weight excluding hydrogens is 438 g/mol. The van der Waals surface area contributed by atoms with Crippen molar-refractivity contribution in [1.82, 2.24) is 15.0 Å². The molecule has 3 nitrogen and oxygen atoms in total. The van der Waals surface area contributed by atoms with Crippen LogP contribution in [0.2, 0.25) is 0 Å². The maximum absolute atomic E-state index is 5.01. The number of benzene rings is 6. The Balaban J connectivity index is 1.59. The summed E-state index contributed by atoms with van der Waals surface area (Å²) in [7, 11) is 0. The van der Waals surface area contributed by atoms with Gasteiger partial charge in [-0.15, -0.1) is 0 Å². The fourth-order valence-corrected chi connectivity index (χ4v) is 5.07. The summed E-state index contributed by atoms with van der Waals surface area (Å²) in [4.78, 5) is 14.9. The second-order valence-electron chi connectivity index (χ2n) is 8.86. The fourth-order valence-electron chi connectivity index (χ4n) is 5.07. The van der Waals surface area contributed by atoms with Crippen LogP contribution in [0.15, 0.2) is 127 Å². The molecule has 0 spiro atoms. The first-order chi connectivity index (χ1) is 17.9. The number of fused-ring (bicyclic) bond motifs is 6. The van der Waals surface area contributed by atoms with E-state index in [-0.39, 0.29) is 0 Å². The lowest BCUT2D eigenvalue weighted by atomic mass is 9.91. The minimum atomic E-state index is 0.668. The lowest BCUT2D eigenvalue weighted by molar-refractivity contribution is 1.08. The van der Waals surface area contributed by atoms with E-state index in [4.69, 9.17) is 15.0 Å². The molecule has 3 heteroatoms. The van der Waals surface area contributed by atoms with E-state index in [2.05, 4.69) is 66.7 Å². The monoisotopic (exact) mass is 459 g/mol. The van der Waals surface area contributed by atoms with Gasteiger partial charge in [0.1, 0.15) is 0 Å². The number of nitrogens with zero attached hydrogens (tertiary/aromatic N) is 3. The lowest BCUT2D eigenvalue weighted by Crippen LogP contribution is -2.00. The number of rotatable bonds is 3. The molecule has 0 saturated carbocycles. The van der Waals surface area contributed by atoms with Crippen LogP contribution in [0.1, 0.15) is 0 Å². The van der Waals surface area contributed by atoms with Gasteiger partial charge in [-0.3, -0.25) is 0 Å². The Hall–Kier alpha value is -4.89. The highest BCUT2D eigenvalue weighted by molar-refractivity contribution is 6.28. The first-order valence-electron chi connectivity index (χ1n) is 12.1. The summed E-state index contributed by atoms with van der Waals surface area (Å²) in [5.74, 6) is 2.01. The zero-order valence-electron chi connectivity index (χ0n) is 19.5. The second-order valence-corrected chi connectivity index (χ2v) is 8.86. The molecule has 6 aromatic carbocycles. The molecule has 7 rings (SSSR count). The van der Waals surface area contributed by atoms with E-state index < -0.39 is 0 Å². The summed E-state index contributed by atoms with van der Waals surface area (Å²) in [6, 6.07) is 43.9. The average molecular weight is 460 g/mol. The molecule has 168 valence electrons. The molecule has 0 bridgehead atoms. The van der Waals surface area contributed by atoms with Crippen LogP contribution in [0, 0.1) is 0 Å². The van der Waals surface area contributed by atoms with E-state index in [1.807, 2.05) is 60.7 Å². The van der Waals surface area contributed by atoms with Crippen molar-refractivity contribution in [3.8, 4) is 34.2 Å². The summed E-state index contributed by atoms with van der Waals surface area (Å²) in [5.41, 5.74) is 2.94. The first kappa shape index (κ1) is 20.5. The molecule has 1 aromatic heterocycles. The van der Waals surface area contributed by atoms with E-state index >= 15 is 0 Å². The van der Waals surface area contributed by atoms with Crippen LogP contribution >= 0.6 is 0 Å². The Labute approximate surface area is 208 Å². The Morgan fingerprint density at radius 2 is 0.694 bits per heavy atom. The Bertz CT molecular complexity index is 1770. The van der Waals surface area contributed by atoms with Crippen molar-refractivity contribution in [2.24, 2.45) is 0 Å². The number of aromatic nitrogens is 3. The van der Waals surface area contributed by atoms with Crippen LogP contribution in [0.5, 0.6) is 0 Å². The van der Waals surface area contributed by atoms with Crippen molar-refractivity contribution in [3.05, 3.63) is 127 Å². The number of hydrogen-bond donors (Lipinski definition) is 0. The van der Waals surface area contributed by atoms with E-state index in [1.165, 1.54) is 26.9 Å². The smallest absolute Gasteiger partial charge is 0.164 e. The van der Waals surface area contributed by atoms with E-state index in [1.54, 1.807) is 0 Å². The molecule has 1 heterocycles. The predicted molar refractivity (Wildman–Crippen MR) is 149 cm³/mol. The van der Waals surface area contributed by atoms with Gasteiger partial charge in [0, 0.05) is 22.1 Å². The van der Waals surface area contributed by atoms with Gasteiger partial charge in [0.2, 0.25) is 0 Å². The third kappa shape index (κ3) is 3.33. The van der Waals surface area contributed by atoms with Crippen molar-refractivity contribution in [2.75, 3.05) is 0 Å². The molecule has 0 aliphatic heterocycles. The van der Waals surface area contributed by atoms with Gasteiger partial charge in [-0.2, -0.15) is 0 Å². The zero-order valence-corrected chi connectivity index (χ0v) is 19.5. The molecule has 7 aromatic rings. The normalized spacial score (nSPS) is 11.3. The topological polar surface area (TPSA) is 38.7 Å². The predicted octanol–water partition coefficient (Wildman–Crippen LogP) is 8.33. The Kier molecular flexibility index (Phi) is 4.78. The molecule has 0 fully saturated rings. The van der Waals surface area contributed by atoms with Gasteiger partial charge in [0.15, 0.2) is 17.5 Å². The third-order valence-corrected chi connectivity index (χ3v) is 6.71. The fraction of sp³-hybridized carbons (Fsp3) is 0. The molecule has 0 radical (unpaired) electrons. The molecule has 0 atom stereocenters. The SMILES string of the molecule is c1ccc(-c2nc(-c3ccccc3)nc(-c3cccc4c5ccccc5c5ccccc5c34)n2)cc1. The van der Waals surface area contributed by atoms with Crippen molar-refractivity contribution >= 4 is 32.3 Å². The highest BCUT2D eigenvalue weighted by Crippen LogP contribution is 2.39. The summed E-state index contributed by atoms with van der Waals surface area (Å²) >= 11 is 0. The van der Waals surface area contributed by atoms with Gasteiger partial charge in [0.25, 0.3) is 0 Å². The van der Waals surface area contributed by atoms with Gasteiger partial charge in [-0.1, -0.05) is 127 Å². The molecule has 0 amide bonds. The maximum Gasteiger partial charge on any atom is 0.164 e. The van der Waals surface area contributed by atoms with Crippen molar-refractivity contribution in [3.63, 3.8) is 0 Å². The molecule has 0 unspecified atom stereocenters. The minimum Gasteiger partial charge on any atom is -0.208 e. The minimum absolute atomic E-state index is 0.668. The molecule has 0 aliphatic carbocycles. The summed E-state index contributed by atoms with van der Waals surface area (Å²) in [5, 5.41) is 7.27. The van der Waals surface area contributed by atoms with Crippen LogP contribution in [0.25, 0.3) is 66.5 Å². The van der Waals surface area contributed by atoms with Crippen molar-refractivity contribution in [1.29, 1.82) is 0 Å². The quantitative estimate of drug-likeness (QED) is 0.249. The molecule has 0 saturated heterocycles. The number of hydrogen-bond acceptors (Lipinski definition) is 3. The zero-order chi connectivity index (χ0) is 23.9. The molecule has 0 aliphatic rings. The van der Waals surface area contributed by atoms with Gasteiger partial charge in [0.05, 0.1) is 0 Å². The molecule has 36 heavy (non-hydrogen) atoms. The van der Waals surface area contributed by atoms with Crippen LogP contribution in [-0.4, -0.2) is 15.0 Å². The van der Waals surface area contributed by atoms with Crippen molar-refractivity contribution < 1.29 is 0 Å². The standard InChI is InChI=1S/C33H21N3/c1-3-12-22(13-4-1)31-34-32(23-14-5-2-6-15-23)36-33(35-31)29-21-11-20-28-26-17-8-7-16-24(26)25-18-9-10-19-27(25)30(28)29/h1-21H. The second kappa shape index (κ2) is 8.40. The van der Waals surface area contributed by atoms with E-state index in [0.29, 0.717) is 17.5 Å². The van der Waals surface area contributed by atoms with Crippen molar-refractivity contribution in [2.45, 2.75) is 0 Å². The molecular formula is C33H21N3.